The van der Waals surface area contributed by atoms with E-state index in [1.807, 2.05) is 37.3 Å². The van der Waals surface area contributed by atoms with Crippen LogP contribution in [0.15, 0.2) is 43.0 Å². The number of rotatable bonds is 7. The van der Waals surface area contributed by atoms with Crippen molar-refractivity contribution in [2.45, 2.75) is 31.8 Å². The van der Waals surface area contributed by atoms with E-state index in [0.29, 0.717) is 6.54 Å². The first-order chi connectivity index (χ1) is 11.0. The van der Waals surface area contributed by atoms with Crippen molar-refractivity contribution in [3.8, 4) is 0 Å². The smallest absolute Gasteiger partial charge is 0.325 e. The van der Waals surface area contributed by atoms with Crippen LogP contribution in [0.5, 0.6) is 0 Å². The van der Waals surface area contributed by atoms with Crippen molar-refractivity contribution in [1.82, 2.24) is 15.5 Å². The number of nitrogens with one attached hydrogen (secondary N) is 2. The van der Waals surface area contributed by atoms with Crippen LogP contribution < -0.4 is 10.6 Å². The van der Waals surface area contributed by atoms with Gasteiger partial charge < -0.3 is 10.6 Å². The van der Waals surface area contributed by atoms with E-state index in [1.54, 1.807) is 6.08 Å². The zero-order valence-electron chi connectivity index (χ0n) is 13.1. The van der Waals surface area contributed by atoms with Crippen LogP contribution >= 0.6 is 0 Å². The molecule has 0 saturated carbocycles. The zero-order valence-corrected chi connectivity index (χ0v) is 13.1. The van der Waals surface area contributed by atoms with Gasteiger partial charge in [0.05, 0.1) is 6.04 Å². The molecule has 1 fully saturated rings. The van der Waals surface area contributed by atoms with Gasteiger partial charge in [0.1, 0.15) is 6.04 Å². The maximum Gasteiger partial charge on any atom is 0.325 e. The van der Waals surface area contributed by atoms with Crippen LogP contribution in [0.25, 0.3) is 0 Å². The predicted octanol–water partition coefficient (Wildman–Crippen LogP) is 1.75. The number of nitrogens with zero attached hydrogens (tertiary/aromatic N) is 1. The lowest BCUT2D eigenvalue weighted by Gasteiger charge is -2.21. The molecular weight excluding hydrogens is 294 g/mol. The molecule has 1 aromatic carbocycles. The summed E-state index contributed by atoms with van der Waals surface area (Å²) in [6.45, 7) is 5.72. The molecule has 2 atom stereocenters. The van der Waals surface area contributed by atoms with Gasteiger partial charge in [0, 0.05) is 13.0 Å². The van der Waals surface area contributed by atoms with Gasteiger partial charge in [-0.05, 0) is 18.9 Å². The largest absolute Gasteiger partial charge is 0.353 e. The highest BCUT2D eigenvalue weighted by molar-refractivity contribution is 6.04. The first-order valence-electron chi connectivity index (χ1n) is 7.60. The number of hydrogen-bond donors (Lipinski definition) is 2. The van der Waals surface area contributed by atoms with Crippen molar-refractivity contribution in [2.24, 2.45) is 0 Å². The van der Waals surface area contributed by atoms with E-state index in [9.17, 15) is 14.4 Å². The molecule has 0 unspecified atom stereocenters. The fraction of sp³-hybridized carbons (Fsp3) is 0.353. The summed E-state index contributed by atoms with van der Waals surface area (Å²) in [5.41, 5.74) is 0.889. The Morgan fingerprint density at radius 1 is 1.39 bits per heavy atom. The average Bonchev–Trinajstić information content (AvgIpc) is 2.85. The normalized spacial score (nSPS) is 18.5. The number of imide groups is 1. The molecule has 1 aliphatic rings. The SMILES string of the molecule is C=CCNC(=O)CC[C@@H]1NC(=O)N([C@H](C)c2ccccc2)C1=O. The summed E-state index contributed by atoms with van der Waals surface area (Å²) in [5.74, 6) is -0.454. The molecule has 6 heteroatoms. The molecule has 23 heavy (non-hydrogen) atoms. The van der Waals surface area contributed by atoms with Crippen LogP contribution in [0.4, 0.5) is 4.79 Å². The Hall–Kier alpha value is -2.63. The van der Waals surface area contributed by atoms with E-state index in [0.717, 1.165) is 5.56 Å². The third kappa shape index (κ3) is 3.97. The molecule has 0 bridgehead atoms. The molecule has 6 nitrogen and oxygen atoms in total. The molecule has 122 valence electrons. The van der Waals surface area contributed by atoms with Crippen LogP contribution in [0.3, 0.4) is 0 Å². The standard InChI is InChI=1S/C17H21N3O3/c1-3-11-18-15(21)10-9-14-16(22)20(17(23)19-14)12(2)13-7-5-4-6-8-13/h3-8,12,14H,1,9-11H2,2H3,(H,18,21)(H,19,23)/t12-,14+/m1/s1. The molecule has 0 aromatic heterocycles. The van der Waals surface area contributed by atoms with Gasteiger partial charge in [0.25, 0.3) is 5.91 Å². The van der Waals surface area contributed by atoms with Gasteiger partial charge >= 0.3 is 6.03 Å². The summed E-state index contributed by atoms with van der Waals surface area (Å²) in [4.78, 5) is 37.4. The highest BCUT2D eigenvalue weighted by Crippen LogP contribution is 2.25. The minimum Gasteiger partial charge on any atom is -0.353 e. The number of amides is 4. The van der Waals surface area contributed by atoms with Crippen LogP contribution in [-0.2, 0) is 9.59 Å². The lowest BCUT2D eigenvalue weighted by molar-refractivity contribution is -0.129. The Labute approximate surface area is 135 Å². The monoisotopic (exact) mass is 315 g/mol. The highest BCUT2D eigenvalue weighted by Gasteiger charge is 2.40. The van der Waals surface area contributed by atoms with Gasteiger partial charge in [-0.15, -0.1) is 6.58 Å². The summed E-state index contributed by atoms with van der Waals surface area (Å²) in [7, 11) is 0. The summed E-state index contributed by atoms with van der Waals surface area (Å²) in [6.07, 6.45) is 2.05. The van der Waals surface area contributed by atoms with Crippen molar-refractivity contribution >= 4 is 17.8 Å². The van der Waals surface area contributed by atoms with Gasteiger partial charge in [0.15, 0.2) is 0 Å². The van der Waals surface area contributed by atoms with Crippen LogP contribution in [0, 0.1) is 0 Å². The molecule has 2 rings (SSSR count). The molecule has 0 spiro atoms. The fourth-order valence-electron chi connectivity index (χ4n) is 2.54. The Morgan fingerprint density at radius 2 is 2.09 bits per heavy atom. The average molecular weight is 315 g/mol. The minimum absolute atomic E-state index is 0.165. The van der Waals surface area contributed by atoms with Crippen LogP contribution in [-0.4, -0.2) is 35.3 Å². The van der Waals surface area contributed by atoms with Gasteiger partial charge in [-0.25, -0.2) is 4.79 Å². The van der Waals surface area contributed by atoms with Crippen molar-refractivity contribution in [2.75, 3.05) is 6.54 Å². The Kier molecular flexibility index (Phi) is 5.51. The number of benzene rings is 1. The predicted molar refractivity (Wildman–Crippen MR) is 86.5 cm³/mol. The second kappa shape index (κ2) is 7.58. The lowest BCUT2D eigenvalue weighted by atomic mass is 10.1. The summed E-state index contributed by atoms with van der Waals surface area (Å²) >= 11 is 0. The maximum absolute atomic E-state index is 12.5. The topological polar surface area (TPSA) is 78.5 Å². The summed E-state index contributed by atoms with van der Waals surface area (Å²) in [6, 6.07) is 7.96. The molecular formula is C17H21N3O3. The van der Waals surface area contributed by atoms with Gasteiger partial charge in [-0.3, -0.25) is 14.5 Å². The first kappa shape index (κ1) is 16.7. The van der Waals surface area contributed by atoms with Crippen molar-refractivity contribution < 1.29 is 14.4 Å². The van der Waals surface area contributed by atoms with Crippen molar-refractivity contribution in [1.29, 1.82) is 0 Å². The quantitative estimate of drug-likeness (QED) is 0.594. The second-order valence-corrected chi connectivity index (χ2v) is 5.43. The highest BCUT2D eigenvalue weighted by atomic mass is 16.2. The number of hydrogen-bond acceptors (Lipinski definition) is 3. The summed E-state index contributed by atoms with van der Waals surface area (Å²) < 4.78 is 0. The van der Waals surface area contributed by atoms with E-state index in [1.165, 1.54) is 4.90 Å². The molecule has 1 saturated heterocycles. The van der Waals surface area contributed by atoms with Gasteiger partial charge in [-0.1, -0.05) is 36.4 Å². The van der Waals surface area contributed by atoms with Crippen LogP contribution in [0.1, 0.15) is 31.4 Å². The number of urea groups is 1. The molecule has 0 radical (unpaired) electrons. The molecule has 1 aromatic rings. The minimum atomic E-state index is -0.650. The zero-order chi connectivity index (χ0) is 16.8. The molecule has 0 aliphatic carbocycles. The van der Waals surface area contributed by atoms with Gasteiger partial charge in [0.2, 0.25) is 5.91 Å². The molecule has 2 N–H and O–H groups in total. The summed E-state index contributed by atoms with van der Waals surface area (Å²) in [5, 5.41) is 5.30. The fourth-order valence-corrected chi connectivity index (χ4v) is 2.54. The van der Waals surface area contributed by atoms with Gasteiger partial charge in [-0.2, -0.15) is 0 Å². The van der Waals surface area contributed by atoms with Crippen molar-refractivity contribution in [3.63, 3.8) is 0 Å². The second-order valence-electron chi connectivity index (χ2n) is 5.43. The van der Waals surface area contributed by atoms with E-state index >= 15 is 0 Å². The molecule has 1 heterocycles. The third-order valence-corrected chi connectivity index (χ3v) is 3.82. The number of carbonyl (C=O) groups excluding carboxylic acids is 3. The van der Waals surface area contributed by atoms with E-state index in [-0.39, 0.29) is 30.7 Å². The van der Waals surface area contributed by atoms with E-state index in [4.69, 9.17) is 0 Å². The third-order valence-electron chi connectivity index (χ3n) is 3.82. The number of carbonyl (C=O) groups is 3. The first-order valence-corrected chi connectivity index (χ1v) is 7.60. The van der Waals surface area contributed by atoms with E-state index in [2.05, 4.69) is 17.2 Å². The Morgan fingerprint density at radius 3 is 2.74 bits per heavy atom. The maximum atomic E-state index is 12.5. The Balaban J connectivity index is 1.97. The molecule has 4 amide bonds. The van der Waals surface area contributed by atoms with Crippen molar-refractivity contribution in [3.05, 3.63) is 48.6 Å². The van der Waals surface area contributed by atoms with Crippen LogP contribution in [0.2, 0.25) is 0 Å². The van der Waals surface area contributed by atoms with E-state index < -0.39 is 12.1 Å². The molecule has 1 aliphatic heterocycles. The lowest BCUT2D eigenvalue weighted by Crippen LogP contribution is -2.34. The Bertz CT molecular complexity index is 600.